The van der Waals surface area contributed by atoms with Crippen molar-refractivity contribution in [2.45, 2.75) is 17.9 Å². The number of carbonyl (C=O) groups is 2. The van der Waals surface area contributed by atoms with Crippen molar-refractivity contribution in [3.63, 3.8) is 0 Å². The summed E-state index contributed by atoms with van der Waals surface area (Å²) < 4.78 is 39.6. The van der Waals surface area contributed by atoms with Gasteiger partial charge in [0.05, 0.1) is 30.3 Å². The molecule has 0 bridgehead atoms. The normalized spacial score (nSPS) is 17.6. The Bertz CT molecular complexity index is 1450. The Labute approximate surface area is 201 Å². The number of anilines is 1. The number of aliphatic hydroxyl groups is 1. The van der Waals surface area contributed by atoms with Crippen LogP contribution in [-0.2, 0) is 19.6 Å². The number of nitrogens with zero attached hydrogens (tertiary/aromatic N) is 1. The molecular weight excluding hydrogens is 476 g/mol. The van der Waals surface area contributed by atoms with Gasteiger partial charge in [-0.2, -0.15) is 0 Å². The maximum absolute atomic E-state index is 13.2. The highest BCUT2D eigenvalue weighted by atomic mass is 32.2. The first-order valence-corrected chi connectivity index (χ1v) is 11.8. The fourth-order valence-corrected chi connectivity index (χ4v) is 4.42. The minimum absolute atomic E-state index is 0.141. The molecule has 1 fully saturated rings. The number of aliphatic hydroxyl groups excluding tert-OH is 1. The molecule has 1 aliphatic heterocycles. The molecule has 1 atom stereocenters. The van der Waals surface area contributed by atoms with Gasteiger partial charge in [-0.15, -0.1) is 0 Å². The SMILES string of the molecule is COc1ccc(OC)c(/C(O)=C2/C(=O)C(=O)N(c3ccc(S(N)(=O)=O)cc3)C2c2ccc(C)o2)c1. The third-order valence-electron chi connectivity index (χ3n) is 5.58. The van der Waals surface area contributed by atoms with Gasteiger partial charge in [0.25, 0.3) is 11.7 Å². The standard InChI is InChI=1S/C24H22N2O8S/c1-13-4-10-19(34-13)21-20(22(27)17-12-15(32-2)7-11-18(17)33-3)23(28)24(29)26(21)14-5-8-16(9-6-14)35(25,30)31/h4-12,21,27H,1-3H3,(H2,25,30,31)/b22-20-. The monoisotopic (exact) mass is 498 g/mol. The molecule has 1 aromatic heterocycles. The number of benzene rings is 2. The Hall–Kier alpha value is -4.09. The van der Waals surface area contributed by atoms with Crippen molar-refractivity contribution in [3.8, 4) is 11.5 Å². The van der Waals surface area contributed by atoms with Crippen LogP contribution in [0.15, 0.2) is 69.5 Å². The van der Waals surface area contributed by atoms with Gasteiger partial charge in [-0.3, -0.25) is 14.5 Å². The fraction of sp³-hybridized carbons (Fsp3) is 0.167. The number of ketones is 1. The Balaban J connectivity index is 1.94. The summed E-state index contributed by atoms with van der Waals surface area (Å²) >= 11 is 0. The second-order valence-electron chi connectivity index (χ2n) is 7.72. The Morgan fingerprint density at radius 1 is 1.03 bits per heavy atom. The number of carbonyl (C=O) groups excluding carboxylic acids is 2. The van der Waals surface area contributed by atoms with Crippen molar-refractivity contribution < 1.29 is 37.0 Å². The van der Waals surface area contributed by atoms with Crippen molar-refractivity contribution >= 4 is 33.2 Å². The van der Waals surface area contributed by atoms with E-state index in [1.807, 2.05) is 0 Å². The first-order chi connectivity index (χ1) is 16.6. The molecule has 1 saturated heterocycles. The summed E-state index contributed by atoms with van der Waals surface area (Å²) in [5, 5.41) is 16.5. The van der Waals surface area contributed by atoms with Crippen molar-refractivity contribution in [3.05, 3.63) is 77.3 Å². The average molecular weight is 499 g/mol. The van der Waals surface area contributed by atoms with Crippen LogP contribution in [0.2, 0.25) is 0 Å². The number of ether oxygens (including phenoxy) is 2. The molecule has 2 heterocycles. The summed E-state index contributed by atoms with van der Waals surface area (Å²) in [5.41, 5.74) is 0.115. The van der Waals surface area contributed by atoms with Crippen LogP contribution in [0.3, 0.4) is 0 Å². The minimum atomic E-state index is -3.97. The van der Waals surface area contributed by atoms with Crippen LogP contribution in [0.4, 0.5) is 5.69 Å². The molecule has 35 heavy (non-hydrogen) atoms. The van der Waals surface area contributed by atoms with E-state index >= 15 is 0 Å². The van der Waals surface area contributed by atoms with Gasteiger partial charge in [0.15, 0.2) is 0 Å². The number of nitrogens with two attached hydrogens (primary N) is 1. The predicted molar refractivity (Wildman–Crippen MR) is 126 cm³/mol. The molecule has 2 aromatic carbocycles. The lowest BCUT2D eigenvalue weighted by Crippen LogP contribution is -2.29. The molecule has 182 valence electrons. The number of aryl methyl sites for hydroxylation is 1. The van der Waals surface area contributed by atoms with Crippen molar-refractivity contribution in [2.75, 3.05) is 19.1 Å². The van der Waals surface area contributed by atoms with Gasteiger partial charge in [-0.25, -0.2) is 13.6 Å². The van der Waals surface area contributed by atoms with Gasteiger partial charge in [0.2, 0.25) is 10.0 Å². The van der Waals surface area contributed by atoms with Gasteiger partial charge in [0.1, 0.15) is 34.8 Å². The zero-order valence-electron chi connectivity index (χ0n) is 19.0. The summed E-state index contributed by atoms with van der Waals surface area (Å²) in [6, 6.07) is 11.9. The van der Waals surface area contributed by atoms with E-state index in [-0.39, 0.29) is 33.2 Å². The van der Waals surface area contributed by atoms with E-state index in [4.69, 9.17) is 19.0 Å². The van der Waals surface area contributed by atoms with Crippen LogP contribution in [0.5, 0.6) is 11.5 Å². The lowest BCUT2D eigenvalue weighted by atomic mass is 9.98. The van der Waals surface area contributed by atoms with Crippen LogP contribution in [0, 0.1) is 6.92 Å². The Kier molecular flexibility index (Phi) is 6.14. The molecule has 4 rings (SSSR count). The number of amides is 1. The number of sulfonamides is 1. The van der Waals surface area contributed by atoms with Crippen LogP contribution in [-0.4, -0.2) is 39.4 Å². The van der Waals surface area contributed by atoms with E-state index in [9.17, 15) is 23.1 Å². The van der Waals surface area contributed by atoms with Crippen LogP contribution < -0.4 is 19.5 Å². The van der Waals surface area contributed by atoms with Crippen LogP contribution in [0.25, 0.3) is 5.76 Å². The number of furan rings is 1. The van der Waals surface area contributed by atoms with E-state index in [1.165, 1.54) is 44.6 Å². The maximum Gasteiger partial charge on any atom is 0.300 e. The molecule has 0 aliphatic carbocycles. The third-order valence-corrected chi connectivity index (χ3v) is 6.51. The highest BCUT2D eigenvalue weighted by Gasteiger charge is 2.48. The van der Waals surface area contributed by atoms with Gasteiger partial charge >= 0.3 is 0 Å². The number of methoxy groups -OCH3 is 2. The lowest BCUT2D eigenvalue weighted by molar-refractivity contribution is -0.132. The maximum atomic E-state index is 13.2. The average Bonchev–Trinajstić information content (AvgIpc) is 3.38. The first-order valence-electron chi connectivity index (χ1n) is 10.3. The van der Waals surface area contributed by atoms with Crippen LogP contribution in [0.1, 0.15) is 23.1 Å². The number of Topliss-reactive ketones (excluding diaryl/α,β-unsaturated/α-hetero) is 1. The van der Waals surface area contributed by atoms with Gasteiger partial charge < -0.3 is 19.0 Å². The molecule has 0 saturated carbocycles. The molecule has 1 aliphatic rings. The number of hydrogen-bond acceptors (Lipinski definition) is 8. The second kappa shape index (κ2) is 8.93. The highest BCUT2D eigenvalue weighted by Crippen LogP contribution is 2.44. The van der Waals surface area contributed by atoms with E-state index in [2.05, 4.69) is 0 Å². The molecule has 11 heteroatoms. The number of hydrogen-bond donors (Lipinski definition) is 2. The predicted octanol–water partition coefficient (Wildman–Crippen LogP) is 2.88. The van der Waals surface area contributed by atoms with E-state index in [1.54, 1.807) is 31.2 Å². The largest absolute Gasteiger partial charge is 0.507 e. The second-order valence-corrected chi connectivity index (χ2v) is 9.28. The van der Waals surface area contributed by atoms with Crippen molar-refractivity contribution in [1.82, 2.24) is 0 Å². The Morgan fingerprint density at radius 2 is 1.71 bits per heavy atom. The zero-order chi connectivity index (χ0) is 25.5. The summed E-state index contributed by atoms with van der Waals surface area (Å²) in [5.74, 6) is -0.985. The van der Waals surface area contributed by atoms with Gasteiger partial charge in [-0.05, 0) is 61.5 Å². The van der Waals surface area contributed by atoms with Crippen molar-refractivity contribution in [2.24, 2.45) is 5.14 Å². The summed E-state index contributed by atoms with van der Waals surface area (Å²) in [6.45, 7) is 1.70. The summed E-state index contributed by atoms with van der Waals surface area (Å²) in [7, 11) is -1.12. The molecule has 0 radical (unpaired) electrons. The smallest absolute Gasteiger partial charge is 0.300 e. The van der Waals surface area contributed by atoms with Crippen molar-refractivity contribution in [1.29, 1.82) is 0 Å². The minimum Gasteiger partial charge on any atom is -0.507 e. The zero-order valence-corrected chi connectivity index (χ0v) is 19.8. The molecule has 1 unspecified atom stereocenters. The molecule has 3 N–H and O–H groups in total. The summed E-state index contributed by atoms with van der Waals surface area (Å²) in [6.07, 6.45) is 0. The molecule has 3 aromatic rings. The number of primary sulfonamides is 1. The molecular formula is C24H22N2O8S. The molecule has 0 spiro atoms. The van der Waals surface area contributed by atoms with E-state index in [0.29, 0.717) is 11.5 Å². The van der Waals surface area contributed by atoms with E-state index in [0.717, 1.165) is 4.90 Å². The van der Waals surface area contributed by atoms with E-state index < -0.39 is 33.5 Å². The van der Waals surface area contributed by atoms with Crippen LogP contribution >= 0.6 is 0 Å². The lowest BCUT2D eigenvalue weighted by Gasteiger charge is -2.23. The Morgan fingerprint density at radius 3 is 2.26 bits per heavy atom. The number of rotatable bonds is 6. The third kappa shape index (κ3) is 4.27. The molecule has 1 amide bonds. The first kappa shape index (κ1) is 24.0. The van der Waals surface area contributed by atoms with Gasteiger partial charge in [-0.1, -0.05) is 0 Å². The molecule has 10 nitrogen and oxygen atoms in total. The summed E-state index contributed by atoms with van der Waals surface area (Å²) in [4.78, 5) is 27.4. The van der Waals surface area contributed by atoms with Gasteiger partial charge in [0, 0.05) is 5.69 Å². The fourth-order valence-electron chi connectivity index (χ4n) is 3.91. The highest BCUT2D eigenvalue weighted by molar-refractivity contribution is 7.89. The topological polar surface area (TPSA) is 149 Å². The quantitative estimate of drug-likeness (QED) is 0.299.